The van der Waals surface area contributed by atoms with Crippen LogP contribution in [0.5, 0.6) is 5.75 Å². The highest BCUT2D eigenvalue weighted by Gasteiger charge is 2.40. The number of carbonyl (C=O) groups is 2. The predicted molar refractivity (Wildman–Crippen MR) is 121 cm³/mol. The summed E-state index contributed by atoms with van der Waals surface area (Å²) in [5.41, 5.74) is 13.9. The number of hydrogen-bond donors (Lipinski definition) is 2. The lowest BCUT2D eigenvalue weighted by Gasteiger charge is -2.47. The topological polar surface area (TPSA) is 102 Å². The van der Waals surface area contributed by atoms with Crippen molar-refractivity contribution in [2.24, 2.45) is 11.5 Å². The monoisotopic (exact) mass is 432 g/mol. The number of primary amides is 1. The molecule has 1 aliphatic carbocycles. The van der Waals surface area contributed by atoms with E-state index in [2.05, 4.69) is 0 Å². The molecule has 0 spiro atoms. The summed E-state index contributed by atoms with van der Waals surface area (Å²) in [4.78, 5) is 28.0. The van der Waals surface area contributed by atoms with Crippen LogP contribution in [0.1, 0.15) is 50.5 Å². The minimum atomic E-state index is -0.370. The molecule has 2 amide bonds. The van der Waals surface area contributed by atoms with E-state index >= 15 is 0 Å². The van der Waals surface area contributed by atoms with Gasteiger partial charge in [0.2, 0.25) is 12.2 Å². The number of amides is 2. The largest absolute Gasteiger partial charge is 0.494 e. The molecule has 2 unspecified atom stereocenters. The van der Waals surface area contributed by atoms with Gasteiger partial charge in [0, 0.05) is 32.1 Å². The second-order valence-corrected chi connectivity index (χ2v) is 9.33. The Balaban J connectivity index is 1.54. The number of quaternary nitrogens is 1. The highest BCUT2D eigenvalue weighted by atomic mass is 16.5. The molecule has 1 heterocycles. The number of carbonyl (C=O) groups excluding carboxylic acids is 2. The van der Waals surface area contributed by atoms with Gasteiger partial charge in [-0.3, -0.25) is 19.8 Å². The quantitative estimate of drug-likeness (QED) is 0.481. The van der Waals surface area contributed by atoms with Gasteiger partial charge in [-0.2, -0.15) is 0 Å². The van der Waals surface area contributed by atoms with Crippen molar-refractivity contribution in [1.29, 1.82) is 0 Å². The second kappa shape index (κ2) is 9.87. The molecule has 31 heavy (non-hydrogen) atoms. The summed E-state index contributed by atoms with van der Waals surface area (Å²) in [5, 5.41) is 0. The maximum absolute atomic E-state index is 12.5. The number of ether oxygens (including phenoxy) is 1. The molecule has 8 nitrogen and oxygen atoms in total. The number of rotatable bonds is 8. The second-order valence-electron chi connectivity index (χ2n) is 9.33. The van der Waals surface area contributed by atoms with Crippen molar-refractivity contribution < 1.29 is 18.8 Å². The first-order chi connectivity index (χ1) is 14.7. The van der Waals surface area contributed by atoms with Gasteiger partial charge in [-0.1, -0.05) is 19.3 Å². The van der Waals surface area contributed by atoms with Crippen molar-refractivity contribution in [1.82, 2.24) is 4.90 Å². The molecule has 0 saturated heterocycles. The fourth-order valence-corrected chi connectivity index (χ4v) is 4.93. The van der Waals surface area contributed by atoms with E-state index in [1.165, 1.54) is 19.3 Å². The molecular weight excluding hydrogens is 394 g/mol. The smallest absolute Gasteiger partial charge is 0.272 e. The van der Waals surface area contributed by atoms with Gasteiger partial charge in [0.25, 0.3) is 5.91 Å². The minimum absolute atomic E-state index is 0.173. The van der Waals surface area contributed by atoms with Crippen LogP contribution in [-0.4, -0.2) is 67.8 Å². The molecule has 0 bridgehead atoms. The van der Waals surface area contributed by atoms with Crippen LogP contribution in [0.15, 0.2) is 18.2 Å². The van der Waals surface area contributed by atoms with E-state index in [1.807, 2.05) is 49.1 Å². The lowest BCUT2D eigenvalue weighted by Crippen LogP contribution is -2.67. The highest BCUT2D eigenvalue weighted by Crippen LogP contribution is 2.34. The summed E-state index contributed by atoms with van der Waals surface area (Å²) in [6.45, 7) is 1.27. The first-order valence-electron chi connectivity index (χ1n) is 11.3. The van der Waals surface area contributed by atoms with E-state index in [0.29, 0.717) is 36.5 Å². The Hall–Kier alpha value is -2.32. The predicted octanol–water partition coefficient (Wildman–Crippen LogP) is 1.76. The summed E-state index contributed by atoms with van der Waals surface area (Å²) >= 11 is 0. The van der Waals surface area contributed by atoms with Gasteiger partial charge in [-0.25, -0.2) is 0 Å². The zero-order valence-corrected chi connectivity index (χ0v) is 19.2. The third-order valence-corrected chi connectivity index (χ3v) is 6.83. The SMILES string of the molecule is CN(C(=O)CCCOc1ccc2c(c1)C[N+](C)(CC(N)=O)C(N)N2C)C1CCCCC1. The van der Waals surface area contributed by atoms with Gasteiger partial charge in [-0.15, -0.1) is 0 Å². The van der Waals surface area contributed by atoms with Gasteiger partial charge in [0.05, 0.1) is 19.3 Å². The molecule has 1 aliphatic heterocycles. The Morgan fingerprint density at radius 1 is 1.26 bits per heavy atom. The van der Waals surface area contributed by atoms with E-state index < -0.39 is 0 Å². The van der Waals surface area contributed by atoms with Crippen LogP contribution in [0.2, 0.25) is 0 Å². The molecule has 3 rings (SSSR count). The van der Waals surface area contributed by atoms with Crippen molar-refractivity contribution in [2.45, 2.75) is 63.8 Å². The number of likely N-dealkylation sites (N-methyl/N-ethyl adjacent to an activating group) is 1. The van der Waals surface area contributed by atoms with E-state index in [0.717, 1.165) is 29.8 Å². The van der Waals surface area contributed by atoms with Crippen molar-refractivity contribution >= 4 is 17.5 Å². The molecule has 4 N–H and O–H groups in total. The average Bonchev–Trinajstić information content (AvgIpc) is 2.74. The Kier molecular flexibility index (Phi) is 7.43. The van der Waals surface area contributed by atoms with E-state index in [9.17, 15) is 9.59 Å². The summed E-state index contributed by atoms with van der Waals surface area (Å²) in [6, 6.07) is 6.34. The maximum atomic E-state index is 12.5. The number of anilines is 1. The Bertz CT molecular complexity index is 795. The summed E-state index contributed by atoms with van der Waals surface area (Å²) in [7, 11) is 5.80. The summed E-state index contributed by atoms with van der Waals surface area (Å²) < 4.78 is 6.26. The van der Waals surface area contributed by atoms with Gasteiger partial charge in [-0.05, 0) is 37.5 Å². The molecule has 1 fully saturated rings. The minimum Gasteiger partial charge on any atom is -0.494 e. The lowest BCUT2D eigenvalue weighted by atomic mass is 9.94. The lowest BCUT2D eigenvalue weighted by molar-refractivity contribution is -0.939. The first kappa shape index (κ1) is 23.3. The van der Waals surface area contributed by atoms with Crippen molar-refractivity contribution in [2.75, 3.05) is 39.2 Å². The molecule has 2 atom stereocenters. The maximum Gasteiger partial charge on any atom is 0.272 e. The highest BCUT2D eigenvalue weighted by molar-refractivity contribution is 5.76. The molecular formula is C23H38N5O3+. The van der Waals surface area contributed by atoms with Gasteiger partial charge >= 0.3 is 0 Å². The van der Waals surface area contributed by atoms with Crippen LogP contribution >= 0.6 is 0 Å². The average molecular weight is 433 g/mol. The van der Waals surface area contributed by atoms with Gasteiger partial charge < -0.3 is 20.3 Å². The Morgan fingerprint density at radius 2 is 1.97 bits per heavy atom. The number of hydrogen-bond acceptors (Lipinski definition) is 5. The number of nitrogens with two attached hydrogens (primary N) is 2. The van der Waals surface area contributed by atoms with Crippen LogP contribution in [0, 0.1) is 0 Å². The Morgan fingerprint density at radius 3 is 2.65 bits per heavy atom. The van der Waals surface area contributed by atoms with Crippen LogP contribution in [0.25, 0.3) is 0 Å². The third kappa shape index (κ3) is 5.49. The summed E-state index contributed by atoms with van der Waals surface area (Å²) in [5.74, 6) is 0.600. The van der Waals surface area contributed by atoms with E-state index in [-0.39, 0.29) is 24.6 Å². The molecule has 172 valence electrons. The Labute approximate surface area is 185 Å². The van der Waals surface area contributed by atoms with Crippen molar-refractivity contribution in [3.8, 4) is 5.75 Å². The van der Waals surface area contributed by atoms with Crippen LogP contribution in [0.4, 0.5) is 5.69 Å². The molecule has 2 aliphatic rings. The molecule has 0 radical (unpaired) electrons. The van der Waals surface area contributed by atoms with Gasteiger partial charge in [0.15, 0.2) is 6.54 Å². The van der Waals surface area contributed by atoms with Crippen molar-refractivity contribution in [3.05, 3.63) is 23.8 Å². The zero-order chi connectivity index (χ0) is 22.6. The van der Waals surface area contributed by atoms with Crippen LogP contribution < -0.4 is 21.1 Å². The first-order valence-corrected chi connectivity index (χ1v) is 11.3. The molecule has 1 aromatic carbocycles. The fourth-order valence-electron chi connectivity index (χ4n) is 4.93. The normalized spacial score (nSPS) is 23.9. The van der Waals surface area contributed by atoms with Crippen molar-refractivity contribution in [3.63, 3.8) is 0 Å². The van der Waals surface area contributed by atoms with Gasteiger partial charge in [0.1, 0.15) is 12.3 Å². The van der Waals surface area contributed by atoms with E-state index in [1.54, 1.807) is 0 Å². The molecule has 1 aromatic rings. The summed E-state index contributed by atoms with van der Waals surface area (Å²) in [6.07, 6.45) is 6.82. The zero-order valence-electron chi connectivity index (χ0n) is 19.2. The number of nitrogens with zero attached hydrogens (tertiary/aromatic N) is 3. The number of benzene rings is 1. The van der Waals surface area contributed by atoms with Crippen LogP contribution in [0.3, 0.4) is 0 Å². The third-order valence-electron chi connectivity index (χ3n) is 6.83. The standard InChI is InChI=1S/C23H37N5O3/c1-26(18-8-5-4-6-9-18)22(30)10-7-13-31-19-11-12-20-17(14-19)15-28(3,16-21(24)29)23(25)27(20)2/h11-12,14,18,23H,4-10,13,15-16,25H2,1-3H3,(H-,24,29)/p+1. The molecule has 1 saturated carbocycles. The number of fused-ring (bicyclic) bond motifs is 1. The van der Waals surface area contributed by atoms with E-state index in [4.69, 9.17) is 16.2 Å². The van der Waals surface area contributed by atoms with Crippen LogP contribution in [-0.2, 0) is 16.1 Å². The molecule has 0 aromatic heterocycles. The molecule has 8 heteroatoms. The fraction of sp³-hybridized carbons (Fsp3) is 0.652.